The number of ether oxygens (including phenoxy) is 1. The Morgan fingerprint density at radius 3 is 2.39 bits per heavy atom. The molecule has 0 radical (unpaired) electrons. The quantitative estimate of drug-likeness (QED) is 0.204. The fourth-order valence-corrected chi connectivity index (χ4v) is 1.97. The largest absolute Gasteiger partial charge is 0.464 e. The number of unbranched alkanes of at least 4 members (excludes halogenated alkanes) is 3. The van der Waals surface area contributed by atoms with Gasteiger partial charge in [0.2, 0.25) is 5.91 Å². The molecule has 0 aliphatic carbocycles. The van der Waals surface area contributed by atoms with Crippen molar-refractivity contribution in [2.45, 2.75) is 71.3 Å². The van der Waals surface area contributed by atoms with Crippen LogP contribution >= 0.6 is 0 Å². The molecule has 0 heterocycles. The topological polar surface area (TPSA) is 120 Å². The molecule has 7 heteroatoms. The van der Waals surface area contributed by atoms with Crippen LogP contribution in [0.5, 0.6) is 0 Å². The highest BCUT2D eigenvalue weighted by atomic mass is 16.5. The van der Waals surface area contributed by atoms with Gasteiger partial charge >= 0.3 is 5.97 Å². The Balaban J connectivity index is 4.37. The molecule has 0 aromatic rings. The molecule has 1 amide bonds. The minimum atomic E-state index is -0.629. The second-order valence-corrected chi connectivity index (χ2v) is 5.55. The second-order valence-electron chi connectivity index (χ2n) is 5.55. The Morgan fingerprint density at radius 1 is 1.09 bits per heavy atom. The molecule has 0 unspecified atom stereocenters. The maximum absolute atomic E-state index is 12.1. The molecule has 0 aliphatic rings. The molecule has 0 bridgehead atoms. The van der Waals surface area contributed by atoms with Crippen molar-refractivity contribution in [2.75, 3.05) is 13.2 Å². The lowest BCUT2D eigenvalue weighted by Gasteiger charge is -2.17. The van der Waals surface area contributed by atoms with Crippen LogP contribution in [-0.4, -0.2) is 37.0 Å². The molecule has 1 atom stereocenters. The minimum absolute atomic E-state index is 0.0238. The van der Waals surface area contributed by atoms with Gasteiger partial charge in [-0.25, -0.2) is 4.79 Å². The number of esters is 1. The number of nitrogens with zero attached hydrogens (tertiary/aromatic N) is 1. The van der Waals surface area contributed by atoms with Crippen LogP contribution in [0.15, 0.2) is 4.99 Å². The number of rotatable bonds is 13. The summed E-state index contributed by atoms with van der Waals surface area (Å²) in [6, 6.07) is -0.629. The lowest BCUT2D eigenvalue weighted by molar-refractivity contribution is -0.148. The lowest BCUT2D eigenvalue weighted by Crippen LogP contribution is -2.42. The minimum Gasteiger partial charge on any atom is -0.464 e. The molecule has 0 aromatic heterocycles. The Morgan fingerprint density at radius 2 is 1.78 bits per heavy atom. The van der Waals surface area contributed by atoms with Crippen LogP contribution in [0.2, 0.25) is 0 Å². The number of nitrogens with two attached hydrogens (primary N) is 2. The predicted molar refractivity (Wildman–Crippen MR) is 91.9 cm³/mol. The summed E-state index contributed by atoms with van der Waals surface area (Å²) in [7, 11) is 0. The van der Waals surface area contributed by atoms with Gasteiger partial charge in [0.05, 0.1) is 6.61 Å². The highest BCUT2D eigenvalue weighted by Gasteiger charge is 2.21. The molecule has 0 saturated heterocycles. The molecule has 0 saturated carbocycles. The van der Waals surface area contributed by atoms with Crippen molar-refractivity contribution in [2.24, 2.45) is 16.5 Å². The van der Waals surface area contributed by atoms with Gasteiger partial charge in [-0.3, -0.25) is 9.79 Å². The molecule has 5 N–H and O–H groups in total. The maximum atomic E-state index is 12.1. The van der Waals surface area contributed by atoms with E-state index in [9.17, 15) is 9.59 Å². The zero-order chi connectivity index (χ0) is 17.5. The molecule has 0 fully saturated rings. The SMILES string of the molecule is CCCCCC(=O)N[C@@H](CCCN=C(N)N)C(=O)OCCCC. The highest BCUT2D eigenvalue weighted by Crippen LogP contribution is 2.05. The van der Waals surface area contributed by atoms with Crippen LogP contribution in [0.25, 0.3) is 0 Å². The van der Waals surface area contributed by atoms with E-state index >= 15 is 0 Å². The summed E-state index contributed by atoms with van der Waals surface area (Å²) in [6.07, 6.45) is 6.14. The average Bonchev–Trinajstić information content (AvgIpc) is 2.50. The van der Waals surface area contributed by atoms with Gasteiger partial charge in [0.1, 0.15) is 6.04 Å². The van der Waals surface area contributed by atoms with E-state index in [2.05, 4.69) is 17.2 Å². The van der Waals surface area contributed by atoms with Gasteiger partial charge < -0.3 is 21.5 Å². The van der Waals surface area contributed by atoms with E-state index in [1.54, 1.807) is 0 Å². The first-order valence-corrected chi connectivity index (χ1v) is 8.52. The molecular formula is C16H32N4O3. The summed E-state index contributed by atoms with van der Waals surface area (Å²) in [4.78, 5) is 27.9. The van der Waals surface area contributed by atoms with Crippen LogP contribution in [0, 0.1) is 0 Å². The molecule has 0 spiro atoms. The number of amides is 1. The number of carbonyl (C=O) groups is 2. The fourth-order valence-electron chi connectivity index (χ4n) is 1.97. The van der Waals surface area contributed by atoms with Gasteiger partial charge in [-0.05, 0) is 25.7 Å². The van der Waals surface area contributed by atoms with Gasteiger partial charge in [0.15, 0.2) is 5.96 Å². The van der Waals surface area contributed by atoms with Gasteiger partial charge in [-0.15, -0.1) is 0 Å². The Hall–Kier alpha value is -1.79. The van der Waals surface area contributed by atoms with Crippen molar-refractivity contribution in [3.8, 4) is 0 Å². The summed E-state index contributed by atoms with van der Waals surface area (Å²) in [5.74, 6) is -0.472. The first-order chi connectivity index (χ1) is 11.0. The predicted octanol–water partition coefficient (Wildman–Crippen LogP) is 1.45. The highest BCUT2D eigenvalue weighted by molar-refractivity contribution is 5.84. The Bertz CT molecular complexity index is 368. The summed E-state index contributed by atoms with van der Waals surface area (Å²) in [6.45, 7) is 4.91. The molecule has 0 rings (SSSR count). The van der Waals surface area contributed by atoms with Crippen LogP contribution in [-0.2, 0) is 14.3 Å². The van der Waals surface area contributed by atoms with E-state index in [1.807, 2.05) is 6.92 Å². The Labute approximate surface area is 139 Å². The van der Waals surface area contributed by atoms with E-state index in [1.165, 1.54) is 0 Å². The summed E-state index contributed by atoms with van der Waals surface area (Å²) in [5.41, 5.74) is 10.5. The zero-order valence-corrected chi connectivity index (χ0v) is 14.5. The number of nitrogens with one attached hydrogen (secondary N) is 1. The molecule has 7 nitrogen and oxygen atoms in total. The number of hydrogen-bond acceptors (Lipinski definition) is 4. The van der Waals surface area contributed by atoms with Gasteiger partial charge in [0, 0.05) is 13.0 Å². The second kappa shape index (κ2) is 13.8. The van der Waals surface area contributed by atoms with E-state index in [0.29, 0.717) is 32.4 Å². The number of hydrogen-bond donors (Lipinski definition) is 3. The first-order valence-electron chi connectivity index (χ1n) is 8.52. The van der Waals surface area contributed by atoms with E-state index in [-0.39, 0.29) is 17.8 Å². The third-order valence-electron chi connectivity index (χ3n) is 3.31. The first kappa shape index (κ1) is 21.2. The van der Waals surface area contributed by atoms with E-state index in [4.69, 9.17) is 16.2 Å². The van der Waals surface area contributed by atoms with Crippen molar-refractivity contribution >= 4 is 17.8 Å². The van der Waals surface area contributed by atoms with Gasteiger partial charge in [-0.2, -0.15) is 0 Å². The smallest absolute Gasteiger partial charge is 0.328 e. The van der Waals surface area contributed by atoms with Crippen LogP contribution < -0.4 is 16.8 Å². The Kier molecular flexibility index (Phi) is 12.8. The van der Waals surface area contributed by atoms with Crippen molar-refractivity contribution in [1.82, 2.24) is 5.32 Å². The number of carbonyl (C=O) groups excluding carboxylic acids is 2. The van der Waals surface area contributed by atoms with Crippen molar-refractivity contribution < 1.29 is 14.3 Å². The fraction of sp³-hybridized carbons (Fsp3) is 0.812. The molecule has 134 valence electrons. The maximum Gasteiger partial charge on any atom is 0.328 e. The van der Waals surface area contributed by atoms with Crippen molar-refractivity contribution in [3.05, 3.63) is 0 Å². The molecule has 23 heavy (non-hydrogen) atoms. The van der Waals surface area contributed by atoms with Crippen molar-refractivity contribution in [3.63, 3.8) is 0 Å². The van der Waals surface area contributed by atoms with E-state index < -0.39 is 6.04 Å². The van der Waals surface area contributed by atoms with Crippen LogP contribution in [0.3, 0.4) is 0 Å². The average molecular weight is 328 g/mol. The zero-order valence-electron chi connectivity index (χ0n) is 14.5. The third-order valence-corrected chi connectivity index (χ3v) is 3.31. The third kappa shape index (κ3) is 12.4. The number of guanidine groups is 1. The van der Waals surface area contributed by atoms with Crippen molar-refractivity contribution in [1.29, 1.82) is 0 Å². The normalized spacial score (nSPS) is 11.6. The summed E-state index contributed by atoms with van der Waals surface area (Å²) in [5, 5.41) is 2.77. The van der Waals surface area contributed by atoms with Gasteiger partial charge in [0.25, 0.3) is 0 Å². The van der Waals surface area contributed by atoms with Crippen LogP contribution in [0.1, 0.15) is 65.2 Å². The lowest BCUT2D eigenvalue weighted by atomic mass is 10.1. The van der Waals surface area contributed by atoms with E-state index in [0.717, 1.165) is 32.1 Å². The molecule has 0 aromatic carbocycles. The summed E-state index contributed by atoms with van der Waals surface area (Å²) >= 11 is 0. The number of aliphatic imine (C=N–C) groups is 1. The molecular weight excluding hydrogens is 296 g/mol. The summed E-state index contributed by atoms with van der Waals surface area (Å²) < 4.78 is 5.21. The van der Waals surface area contributed by atoms with Gasteiger partial charge in [-0.1, -0.05) is 33.1 Å². The molecule has 0 aliphatic heterocycles. The van der Waals surface area contributed by atoms with Crippen LogP contribution in [0.4, 0.5) is 0 Å². The standard InChI is InChI=1S/C16H32N4O3/c1-3-5-7-10-14(21)20-13(9-8-11-19-16(17)18)15(22)23-12-6-4-2/h13H,3-12H2,1-2H3,(H,20,21)(H4,17,18,19)/t13-/m0/s1. The monoisotopic (exact) mass is 328 g/mol.